The maximum Gasteiger partial charge on any atom is 0.233 e. The lowest BCUT2D eigenvalue weighted by Crippen LogP contribution is -2.17. The first-order valence-corrected chi connectivity index (χ1v) is 7.40. The van der Waals surface area contributed by atoms with Crippen LogP contribution < -0.4 is 9.46 Å². The van der Waals surface area contributed by atoms with Crippen LogP contribution in [0.25, 0.3) is 0 Å². The van der Waals surface area contributed by atoms with E-state index in [1.807, 2.05) is 0 Å². The van der Waals surface area contributed by atoms with Crippen LogP contribution in [0.1, 0.15) is 0 Å². The molecule has 0 unspecified atom stereocenters. The normalized spacial score (nSPS) is 11.2. The molecule has 1 heterocycles. The highest BCUT2D eigenvalue weighted by molar-refractivity contribution is 7.92. The number of hydrogen-bond donors (Lipinski definition) is 1. The minimum atomic E-state index is -3.40. The molecule has 0 aliphatic carbocycles. The average Bonchev–Trinajstić information content (AvgIpc) is 2.31. The van der Waals surface area contributed by atoms with E-state index in [9.17, 15) is 8.42 Å². The molecule has 6 nitrogen and oxygen atoms in total. The minimum absolute atomic E-state index is 0.0426. The lowest BCUT2D eigenvalue weighted by Gasteiger charge is -2.07. The predicted octanol–water partition coefficient (Wildman–Crippen LogP) is 1.09. The Bertz CT molecular complexity index is 449. The number of aromatic nitrogens is 1. The van der Waals surface area contributed by atoms with E-state index >= 15 is 0 Å². The number of ether oxygens (including phenoxy) is 2. The molecule has 18 heavy (non-hydrogen) atoms. The summed E-state index contributed by atoms with van der Waals surface area (Å²) in [6, 6.07) is 3.15. The van der Waals surface area contributed by atoms with E-state index in [1.54, 1.807) is 19.2 Å². The number of hydrogen-bond acceptors (Lipinski definition) is 5. The van der Waals surface area contributed by atoms with Crippen LogP contribution in [0.15, 0.2) is 18.3 Å². The fraction of sp³-hybridized carbons (Fsp3) is 0.500. The highest BCUT2D eigenvalue weighted by atomic mass is 35.5. The Morgan fingerprint density at radius 2 is 2.17 bits per heavy atom. The molecule has 0 spiro atoms. The second-order valence-corrected chi connectivity index (χ2v) is 5.56. The van der Waals surface area contributed by atoms with Crippen LogP contribution in [0.5, 0.6) is 5.88 Å². The van der Waals surface area contributed by atoms with Crippen molar-refractivity contribution in [2.45, 2.75) is 0 Å². The van der Waals surface area contributed by atoms with Crippen molar-refractivity contribution in [1.29, 1.82) is 0 Å². The molecule has 102 valence electrons. The molecule has 0 amide bonds. The third kappa shape index (κ3) is 5.52. The monoisotopic (exact) mass is 294 g/mol. The number of sulfonamides is 1. The van der Waals surface area contributed by atoms with Crippen molar-refractivity contribution in [3.05, 3.63) is 18.3 Å². The quantitative estimate of drug-likeness (QED) is 0.573. The van der Waals surface area contributed by atoms with Crippen molar-refractivity contribution < 1.29 is 17.9 Å². The van der Waals surface area contributed by atoms with Crippen molar-refractivity contribution >= 4 is 27.3 Å². The van der Waals surface area contributed by atoms with Gasteiger partial charge < -0.3 is 9.47 Å². The van der Waals surface area contributed by atoms with E-state index in [0.29, 0.717) is 24.8 Å². The fourth-order valence-electron chi connectivity index (χ4n) is 1.09. The molecule has 1 N–H and O–H groups in total. The highest BCUT2D eigenvalue weighted by Crippen LogP contribution is 2.13. The van der Waals surface area contributed by atoms with Gasteiger partial charge in [0.2, 0.25) is 15.9 Å². The number of rotatable bonds is 8. The van der Waals surface area contributed by atoms with Crippen LogP contribution in [0.2, 0.25) is 0 Å². The Morgan fingerprint density at radius 3 is 2.72 bits per heavy atom. The van der Waals surface area contributed by atoms with Crippen molar-refractivity contribution in [3.8, 4) is 5.88 Å². The number of methoxy groups -OCH3 is 1. The number of halogens is 1. The molecule has 1 rings (SSSR count). The molecule has 0 fully saturated rings. The first kappa shape index (κ1) is 15.0. The second-order valence-electron chi connectivity index (χ2n) is 3.34. The van der Waals surface area contributed by atoms with Crippen LogP contribution in [0, 0.1) is 0 Å². The minimum Gasteiger partial charge on any atom is -0.475 e. The summed E-state index contributed by atoms with van der Waals surface area (Å²) in [5.41, 5.74) is 0.374. The molecule has 0 bridgehead atoms. The second kappa shape index (κ2) is 7.40. The highest BCUT2D eigenvalue weighted by Gasteiger charge is 2.09. The van der Waals surface area contributed by atoms with E-state index in [2.05, 4.69) is 9.71 Å². The van der Waals surface area contributed by atoms with Crippen molar-refractivity contribution in [1.82, 2.24) is 4.98 Å². The van der Waals surface area contributed by atoms with Gasteiger partial charge in [0.25, 0.3) is 0 Å². The van der Waals surface area contributed by atoms with Crippen LogP contribution >= 0.6 is 11.6 Å². The largest absolute Gasteiger partial charge is 0.475 e. The molecule has 1 aromatic heterocycles. The molecule has 0 aliphatic rings. The average molecular weight is 295 g/mol. The molecule has 0 saturated heterocycles. The number of nitrogens with zero attached hydrogens (tertiary/aromatic N) is 1. The summed E-state index contributed by atoms with van der Waals surface area (Å²) in [5, 5.41) is 0. The molecular formula is C10H15ClN2O4S. The molecular weight excluding hydrogens is 280 g/mol. The Kier molecular flexibility index (Phi) is 6.17. The number of alkyl halides is 1. The fourth-order valence-corrected chi connectivity index (χ4v) is 2.48. The molecule has 0 radical (unpaired) electrons. The van der Waals surface area contributed by atoms with Crippen LogP contribution in [-0.4, -0.2) is 45.4 Å². The third-order valence-electron chi connectivity index (χ3n) is 1.89. The van der Waals surface area contributed by atoms with Gasteiger partial charge in [0.15, 0.2) is 0 Å². The van der Waals surface area contributed by atoms with Gasteiger partial charge in [-0.2, -0.15) is 0 Å². The SMILES string of the molecule is COCCOc1ccc(NS(=O)(=O)CCCl)cn1. The van der Waals surface area contributed by atoms with E-state index in [0.717, 1.165) is 0 Å². The van der Waals surface area contributed by atoms with Gasteiger partial charge in [-0.3, -0.25) is 4.72 Å². The Morgan fingerprint density at radius 1 is 1.39 bits per heavy atom. The number of nitrogens with one attached hydrogen (secondary N) is 1. The maximum atomic E-state index is 11.4. The Balaban J connectivity index is 2.55. The summed E-state index contributed by atoms with van der Waals surface area (Å²) in [6.45, 7) is 0.854. The molecule has 1 aromatic rings. The van der Waals surface area contributed by atoms with Crippen molar-refractivity contribution in [3.63, 3.8) is 0 Å². The number of anilines is 1. The lowest BCUT2D eigenvalue weighted by molar-refractivity contribution is 0.144. The van der Waals surface area contributed by atoms with Crippen molar-refractivity contribution in [2.75, 3.05) is 36.7 Å². The standard InChI is InChI=1S/C10H15ClN2O4S/c1-16-5-6-17-10-3-2-9(8-12-10)13-18(14,15)7-4-11/h2-3,8,13H,4-7H2,1H3. The summed E-state index contributed by atoms with van der Waals surface area (Å²) < 4.78 is 35.3. The Hall–Kier alpha value is -1.05. The van der Waals surface area contributed by atoms with Crippen molar-refractivity contribution in [2.24, 2.45) is 0 Å². The van der Waals surface area contributed by atoms with Gasteiger partial charge in [0.05, 0.1) is 24.2 Å². The first-order chi connectivity index (χ1) is 8.57. The predicted molar refractivity (Wildman–Crippen MR) is 69.7 cm³/mol. The van der Waals surface area contributed by atoms with E-state index in [4.69, 9.17) is 21.1 Å². The maximum absolute atomic E-state index is 11.4. The molecule has 0 aliphatic heterocycles. The summed E-state index contributed by atoms with van der Waals surface area (Å²) in [7, 11) is -1.83. The van der Waals surface area contributed by atoms with Crippen LogP contribution in [-0.2, 0) is 14.8 Å². The topological polar surface area (TPSA) is 77.5 Å². The Labute approximate surface area is 111 Å². The molecule has 0 saturated carbocycles. The summed E-state index contributed by atoms with van der Waals surface area (Å²) >= 11 is 5.38. The summed E-state index contributed by atoms with van der Waals surface area (Å²) in [4.78, 5) is 3.96. The van der Waals surface area contributed by atoms with Gasteiger partial charge in [0, 0.05) is 19.1 Å². The van der Waals surface area contributed by atoms with E-state index in [-0.39, 0.29) is 11.6 Å². The zero-order chi connectivity index (χ0) is 13.4. The summed E-state index contributed by atoms with van der Waals surface area (Å²) in [5.74, 6) is 0.314. The van der Waals surface area contributed by atoms with Gasteiger partial charge in [-0.1, -0.05) is 0 Å². The van der Waals surface area contributed by atoms with Gasteiger partial charge >= 0.3 is 0 Å². The molecule has 8 heteroatoms. The molecule has 0 aromatic carbocycles. The zero-order valence-corrected chi connectivity index (χ0v) is 11.5. The van der Waals surface area contributed by atoms with Gasteiger partial charge in [0.1, 0.15) is 6.61 Å². The zero-order valence-electron chi connectivity index (χ0n) is 9.93. The number of pyridine rings is 1. The lowest BCUT2D eigenvalue weighted by atomic mass is 10.4. The van der Waals surface area contributed by atoms with Crippen LogP contribution in [0.3, 0.4) is 0 Å². The van der Waals surface area contributed by atoms with Gasteiger partial charge in [-0.05, 0) is 6.07 Å². The van der Waals surface area contributed by atoms with E-state index in [1.165, 1.54) is 6.20 Å². The van der Waals surface area contributed by atoms with Gasteiger partial charge in [-0.15, -0.1) is 11.6 Å². The van der Waals surface area contributed by atoms with E-state index < -0.39 is 10.0 Å². The summed E-state index contributed by atoms with van der Waals surface area (Å²) in [6.07, 6.45) is 1.38. The first-order valence-electron chi connectivity index (χ1n) is 5.21. The van der Waals surface area contributed by atoms with Crippen LogP contribution in [0.4, 0.5) is 5.69 Å². The third-order valence-corrected chi connectivity index (χ3v) is 3.59. The smallest absolute Gasteiger partial charge is 0.233 e. The molecule has 0 atom stereocenters. The van der Waals surface area contributed by atoms with Gasteiger partial charge in [-0.25, -0.2) is 13.4 Å².